The van der Waals surface area contributed by atoms with E-state index in [9.17, 15) is 9.59 Å². The molecule has 0 amide bonds. The van der Waals surface area contributed by atoms with Gasteiger partial charge in [0.2, 0.25) is 5.78 Å². The molecule has 1 heterocycles. The van der Waals surface area contributed by atoms with Gasteiger partial charge in [-0.2, -0.15) is 0 Å². The number of hydrogen-bond donors (Lipinski definition) is 0. The summed E-state index contributed by atoms with van der Waals surface area (Å²) in [6.07, 6.45) is -1.07. The number of carbonyl (C=O) groups excluding carboxylic acids is 2. The van der Waals surface area contributed by atoms with Gasteiger partial charge >= 0.3 is 5.97 Å². The molecule has 0 aliphatic heterocycles. The van der Waals surface area contributed by atoms with Gasteiger partial charge in [-0.1, -0.05) is 70.9 Å². The molecule has 6 nitrogen and oxygen atoms in total. The smallest absolute Gasteiger partial charge is 0.339 e. The maximum absolute atomic E-state index is 13.4. The number of aryl methyl sites for hydroxylation is 4. The Morgan fingerprint density at radius 2 is 1.51 bits per heavy atom. The van der Waals surface area contributed by atoms with Crippen LogP contribution in [0, 0.1) is 27.7 Å². The number of rotatable bonds is 8. The minimum Gasteiger partial charge on any atom is -0.489 e. The fourth-order valence-corrected chi connectivity index (χ4v) is 3.63. The molecule has 1 atom stereocenters. The third-order valence-corrected chi connectivity index (χ3v) is 5.81. The van der Waals surface area contributed by atoms with Crippen molar-refractivity contribution in [3.8, 4) is 5.75 Å². The average molecular weight is 470 g/mol. The molecule has 0 aliphatic rings. The summed E-state index contributed by atoms with van der Waals surface area (Å²) in [5.74, 6) is 0.289. The van der Waals surface area contributed by atoms with Crippen molar-refractivity contribution in [3.05, 3.63) is 118 Å². The summed E-state index contributed by atoms with van der Waals surface area (Å²) < 4.78 is 16.8. The second-order valence-corrected chi connectivity index (χ2v) is 8.55. The lowest BCUT2D eigenvalue weighted by Crippen LogP contribution is -2.20. The van der Waals surface area contributed by atoms with Gasteiger partial charge in [0.1, 0.15) is 18.1 Å². The highest BCUT2D eigenvalue weighted by atomic mass is 16.5. The van der Waals surface area contributed by atoms with Gasteiger partial charge in [0, 0.05) is 11.1 Å². The number of carbonyl (C=O) groups is 2. The minimum atomic E-state index is -1.07. The van der Waals surface area contributed by atoms with Gasteiger partial charge in [0.15, 0.2) is 6.10 Å². The number of ketones is 1. The second kappa shape index (κ2) is 10.4. The maximum Gasteiger partial charge on any atom is 0.339 e. The minimum absolute atomic E-state index is 0.261. The van der Waals surface area contributed by atoms with Crippen molar-refractivity contribution in [1.29, 1.82) is 0 Å². The Kier molecular flexibility index (Phi) is 7.11. The van der Waals surface area contributed by atoms with Gasteiger partial charge < -0.3 is 14.0 Å². The van der Waals surface area contributed by atoms with Crippen molar-refractivity contribution < 1.29 is 23.6 Å². The third-order valence-electron chi connectivity index (χ3n) is 5.81. The molecule has 1 unspecified atom stereocenters. The summed E-state index contributed by atoms with van der Waals surface area (Å²) in [5, 5.41) is 3.93. The molecule has 0 saturated carbocycles. The Morgan fingerprint density at radius 1 is 0.857 bits per heavy atom. The standard InChI is InChI=1S/C29H27NO5/c1-18-8-12-22(13-9-18)27(31)28(23-14-10-19(2)11-15-23)34-29(32)24-6-5-7-25(16-24)33-17-26-20(3)30-35-21(26)4/h5-16,28H,17H2,1-4H3. The molecule has 0 aliphatic carbocycles. The topological polar surface area (TPSA) is 78.6 Å². The van der Waals surface area contributed by atoms with Crippen LogP contribution in [0.2, 0.25) is 0 Å². The lowest BCUT2D eigenvalue weighted by atomic mass is 9.98. The van der Waals surface area contributed by atoms with E-state index in [4.69, 9.17) is 14.0 Å². The lowest BCUT2D eigenvalue weighted by Gasteiger charge is -2.18. The van der Waals surface area contributed by atoms with E-state index < -0.39 is 12.1 Å². The normalized spacial score (nSPS) is 11.7. The number of esters is 1. The Balaban J connectivity index is 1.55. The van der Waals surface area contributed by atoms with E-state index >= 15 is 0 Å². The van der Waals surface area contributed by atoms with Crippen LogP contribution >= 0.6 is 0 Å². The van der Waals surface area contributed by atoms with Crippen LogP contribution in [0.15, 0.2) is 77.3 Å². The molecular formula is C29H27NO5. The summed E-state index contributed by atoms with van der Waals surface area (Å²) in [7, 11) is 0. The average Bonchev–Trinajstić information content (AvgIpc) is 3.19. The van der Waals surface area contributed by atoms with Crippen LogP contribution in [0.5, 0.6) is 5.75 Å². The van der Waals surface area contributed by atoms with E-state index in [1.54, 1.807) is 36.4 Å². The predicted molar refractivity (Wildman–Crippen MR) is 132 cm³/mol. The molecule has 178 valence electrons. The lowest BCUT2D eigenvalue weighted by molar-refractivity contribution is 0.0279. The first-order valence-electron chi connectivity index (χ1n) is 11.3. The van der Waals surface area contributed by atoms with Crippen molar-refractivity contribution in [2.45, 2.75) is 40.4 Å². The quantitative estimate of drug-likeness (QED) is 0.224. The molecule has 0 bridgehead atoms. The molecule has 6 heteroatoms. The van der Waals surface area contributed by atoms with E-state index in [-0.39, 0.29) is 18.0 Å². The summed E-state index contributed by atoms with van der Waals surface area (Å²) in [5.41, 5.74) is 5.08. The molecular weight excluding hydrogens is 442 g/mol. The predicted octanol–water partition coefficient (Wildman–Crippen LogP) is 6.27. The van der Waals surface area contributed by atoms with Gasteiger partial charge in [0.25, 0.3) is 0 Å². The van der Waals surface area contributed by atoms with Crippen molar-refractivity contribution in [2.24, 2.45) is 0 Å². The van der Waals surface area contributed by atoms with Crippen LogP contribution in [0.4, 0.5) is 0 Å². The molecule has 3 aromatic carbocycles. The molecule has 0 N–H and O–H groups in total. The van der Waals surface area contributed by atoms with Crippen LogP contribution in [0.1, 0.15) is 60.5 Å². The van der Waals surface area contributed by atoms with E-state index in [0.717, 1.165) is 22.4 Å². The van der Waals surface area contributed by atoms with Crippen LogP contribution in [0.25, 0.3) is 0 Å². The second-order valence-electron chi connectivity index (χ2n) is 8.55. The fraction of sp³-hybridized carbons (Fsp3) is 0.207. The van der Waals surface area contributed by atoms with E-state index in [1.807, 2.05) is 64.1 Å². The Bertz CT molecular complexity index is 1320. The Morgan fingerprint density at radius 3 is 2.14 bits per heavy atom. The highest BCUT2D eigenvalue weighted by molar-refractivity contribution is 6.02. The first-order chi connectivity index (χ1) is 16.8. The molecule has 0 fully saturated rings. The van der Waals surface area contributed by atoms with Gasteiger partial charge in [-0.05, 0) is 45.9 Å². The number of aromatic nitrogens is 1. The summed E-state index contributed by atoms with van der Waals surface area (Å²) in [4.78, 5) is 26.5. The van der Waals surface area contributed by atoms with Gasteiger partial charge in [-0.15, -0.1) is 0 Å². The Labute approximate surface area is 204 Å². The molecule has 1 aromatic heterocycles. The van der Waals surface area contributed by atoms with Gasteiger partial charge in [-0.25, -0.2) is 4.79 Å². The van der Waals surface area contributed by atoms with E-state index in [1.165, 1.54) is 0 Å². The van der Waals surface area contributed by atoms with E-state index in [2.05, 4.69) is 5.16 Å². The molecule has 4 aromatic rings. The summed E-state index contributed by atoms with van der Waals surface area (Å²) in [6.45, 7) is 7.84. The SMILES string of the molecule is Cc1ccc(C(=O)C(OC(=O)c2cccc(OCc3c(C)noc3C)c2)c2ccc(C)cc2)cc1. The van der Waals surface area contributed by atoms with Crippen LogP contribution < -0.4 is 4.74 Å². The van der Waals surface area contributed by atoms with Crippen molar-refractivity contribution in [3.63, 3.8) is 0 Å². The van der Waals surface area contributed by atoms with Crippen molar-refractivity contribution >= 4 is 11.8 Å². The zero-order valence-corrected chi connectivity index (χ0v) is 20.2. The summed E-state index contributed by atoms with van der Waals surface area (Å²) >= 11 is 0. The van der Waals surface area contributed by atoms with Crippen LogP contribution in [0.3, 0.4) is 0 Å². The zero-order chi connectivity index (χ0) is 24.9. The fourth-order valence-electron chi connectivity index (χ4n) is 3.63. The van der Waals surface area contributed by atoms with Crippen molar-refractivity contribution in [2.75, 3.05) is 0 Å². The number of Topliss-reactive ketones (excluding diaryl/α,β-unsaturated/α-hetero) is 1. The van der Waals surface area contributed by atoms with Crippen LogP contribution in [-0.2, 0) is 11.3 Å². The molecule has 4 rings (SSSR count). The first-order valence-corrected chi connectivity index (χ1v) is 11.3. The number of hydrogen-bond acceptors (Lipinski definition) is 6. The molecule has 35 heavy (non-hydrogen) atoms. The highest BCUT2D eigenvalue weighted by Gasteiger charge is 2.27. The molecule has 0 spiro atoms. The zero-order valence-electron chi connectivity index (χ0n) is 20.2. The van der Waals surface area contributed by atoms with Gasteiger partial charge in [0.05, 0.1) is 16.8 Å². The molecule has 0 radical (unpaired) electrons. The number of nitrogens with zero attached hydrogens (tertiary/aromatic N) is 1. The Hall–Kier alpha value is -4.19. The number of ether oxygens (including phenoxy) is 2. The van der Waals surface area contributed by atoms with Crippen molar-refractivity contribution in [1.82, 2.24) is 5.16 Å². The van der Waals surface area contributed by atoms with E-state index in [0.29, 0.717) is 22.6 Å². The van der Waals surface area contributed by atoms with Gasteiger partial charge in [-0.3, -0.25) is 4.79 Å². The third kappa shape index (κ3) is 5.66. The largest absolute Gasteiger partial charge is 0.489 e. The maximum atomic E-state index is 13.4. The monoisotopic (exact) mass is 469 g/mol. The summed E-state index contributed by atoms with van der Waals surface area (Å²) in [6, 6.07) is 21.3. The highest BCUT2D eigenvalue weighted by Crippen LogP contribution is 2.26. The van der Waals surface area contributed by atoms with Crippen LogP contribution in [-0.4, -0.2) is 16.9 Å². The number of benzene rings is 3. The first kappa shape index (κ1) is 24.0. The molecule has 0 saturated heterocycles.